The lowest BCUT2D eigenvalue weighted by atomic mass is 10.2. The Morgan fingerprint density at radius 3 is 3.00 bits per heavy atom. The number of amides is 1. The summed E-state index contributed by atoms with van der Waals surface area (Å²) in [7, 11) is 0. The van der Waals surface area contributed by atoms with Gasteiger partial charge >= 0.3 is 0 Å². The molecule has 0 spiro atoms. The monoisotopic (exact) mass is 183 g/mol. The van der Waals surface area contributed by atoms with Gasteiger partial charge in [0, 0.05) is 19.0 Å². The minimum absolute atomic E-state index is 0.250. The average Bonchev–Trinajstić information content (AvgIpc) is 2.61. The van der Waals surface area contributed by atoms with Gasteiger partial charge in [0.05, 0.1) is 6.54 Å². The predicted molar refractivity (Wildman–Crippen MR) is 50.0 cm³/mol. The van der Waals surface area contributed by atoms with E-state index in [0.717, 1.165) is 26.1 Å². The number of hydrazine groups is 1. The molecule has 0 aromatic heterocycles. The summed E-state index contributed by atoms with van der Waals surface area (Å²) in [5.74, 6) is 0.250. The molecule has 4 nitrogen and oxygen atoms in total. The normalized spacial score (nSPS) is 29.7. The Balaban J connectivity index is 1.81. The van der Waals surface area contributed by atoms with Crippen molar-refractivity contribution in [2.75, 3.05) is 19.6 Å². The summed E-state index contributed by atoms with van der Waals surface area (Å²) >= 11 is 0. The van der Waals surface area contributed by atoms with Crippen LogP contribution in [0.1, 0.15) is 25.7 Å². The van der Waals surface area contributed by atoms with E-state index in [0.29, 0.717) is 12.5 Å². The van der Waals surface area contributed by atoms with Gasteiger partial charge in [0.1, 0.15) is 0 Å². The van der Waals surface area contributed by atoms with Crippen molar-refractivity contribution in [2.24, 2.45) is 0 Å². The maximum absolute atomic E-state index is 11.4. The van der Waals surface area contributed by atoms with Gasteiger partial charge in [0.2, 0.25) is 5.91 Å². The Bertz CT molecular complexity index is 189. The molecule has 2 fully saturated rings. The van der Waals surface area contributed by atoms with Gasteiger partial charge in [-0.1, -0.05) is 0 Å². The van der Waals surface area contributed by atoms with E-state index >= 15 is 0 Å². The van der Waals surface area contributed by atoms with Gasteiger partial charge in [-0.3, -0.25) is 9.80 Å². The van der Waals surface area contributed by atoms with Crippen LogP contribution in [0.15, 0.2) is 0 Å². The molecule has 2 rings (SSSR count). The Labute approximate surface area is 78.6 Å². The van der Waals surface area contributed by atoms with Crippen molar-refractivity contribution in [2.45, 2.75) is 31.7 Å². The second-order valence-corrected chi connectivity index (χ2v) is 3.81. The third-order valence-corrected chi connectivity index (χ3v) is 2.74. The van der Waals surface area contributed by atoms with Crippen molar-refractivity contribution in [3.63, 3.8) is 0 Å². The molecule has 1 unspecified atom stereocenters. The molecule has 0 radical (unpaired) electrons. The molecule has 74 valence electrons. The van der Waals surface area contributed by atoms with Crippen molar-refractivity contribution in [1.82, 2.24) is 15.8 Å². The molecule has 0 aliphatic carbocycles. The molecular formula is C9H17N3O. The summed E-state index contributed by atoms with van der Waals surface area (Å²) in [6.45, 7) is 2.88. The van der Waals surface area contributed by atoms with Gasteiger partial charge < -0.3 is 5.32 Å². The lowest BCUT2D eigenvalue weighted by molar-refractivity contribution is -0.137. The molecule has 4 heteroatoms. The zero-order valence-corrected chi connectivity index (χ0v) is 7.88. The van der Waals surface area contributed by atoms with Gasteiger partial charge in [-0.25, -0.2) is 5.43 Å². The second-order valence-electron chi connectivity index (χ2n) is 3.81. The SMILES string of the molecule is O=C1CCCNN1CC1CCCN1. The molecule has 2 N–H and O–H groups in total. The number of rotatable bonds is 2. The first kappa shape index (κ1) is 8.97. The standard InChI is InChI=1S/C9H17N3O/c13-9-4-2-6-11-12(9)7-8-3-1-5-10-8/h8,10-11H,1-7H2. The van der Waals surface area contributed by atoms with E-state index in [1.165, 1.54) is 12.8 Å². The van der Waals surface area contributed by atoms with Crippen LogP contribution in [0.3, 0.4) is 0 Å². The van der Waals surface area contributed by atoms with Gasteiger partial charge in [0.25, 0.3) is 0 Å². The van der Waals surface area contributed by atoms with Crippen molar-refractivity contribution in [3.05, 3.63) is 0 Å². The molecule has 2 aliphatic heterocycles. The molecule has 0 saturated carbocycles. The minimum Gasteiger partial charge on any atom is -0.312 e. The number of nitrogens with zero attached hydrogens (tertiary/aromatic N) is 1. The smallest absolute Gasteiger partial charge is 0.236 e. The lowest BCUT2D eigenvalue weighted by Gasteiger charge is -2.29. The molecule has 2 saturated heterocycles. The summed E-state index contributed by atoms with van der Waals surface area (Å²) < 4.78 is 0. The highest BCUT2D eigenvalue weighted by Crippen LogP contribution is 2.09. The molecule has 13 heavy (non-hydrogen) atoms. The van der Waals surface area contributed by atoms with Crippen LogP contribution in [-0.2, 0) is 4.79 Å². The van der Waals surface area contributed by atoms with Crippen LogP contribution in [0.2, 0.25) is 0 Å². The summed E-state index contributed by atoms with van der Waals surface area (Å²) in [6.07, 6.45) is 4.13. The topological polar surface area (TPSA) is 44.4 Å². The molecular weight excluding hydrogens is 166 g/mol. The number of carbonyl (C=O) groups excluding carboxylic acids is 1. The fourth-order valence-electron chi connectivity index (χ4n) is 1.98. The fourth-order valence-corrected chi connectivity index (χ4v) is 1.98. The Hall–Kier alpha value is -0.610. The molecule has 0 aromatic carbocycles. The summed E-state index contributed by atoms with van der Waals surface area (Å²) in [5.41, 5.74) is 3.14. The summed E-state index contributed by atoms with van der Waals surface area (Å²) in [6, 6.07) is 0.509. The third kappa shape index (κ3) is 2.19. The van der Waals surface area contributed by atoms with E-state index < -0.39 is 0 Å². The largest absolute Gasteiger partial charge is 0.312 e. The Kier molecular flexibility index (Phi) is 2.80. The van der Waals surface area contributed by atoms with Crippen LogP contribution in [-0.4, -0.2) is 36.6 Å². The van der Waals surface area contributed by atoms with Gasteiger partial charge in [-0.2, -0.15) is 0 Å². The number of hydrogen-bond acceptors (Lipinski definition) is 3. The summed E-state index contributed by atoms with van der Waals surface area (Å²) in [4.78, 5) is 11.4. The van der Waals surface area contributed by atoms with Gasteiger partial charge in [-0.05, 0) is 25.8 Å². The molecule has 1 amide bonds. The highest BCUT2D eigenvalue weighted by Gasteiger charge is 2.23. The maximum Gasteiger partial charge on any atom is 0.236 e. The van der Waals surface area contributed by atoms with Crippen molar-refractivity contribution in [1.29, 1.82) is 0 Å². The lowest BCUT2D eigenvalue weighted by Crippen LogP contribution is -2.51. The van der Waals surface area contributed by atoms with E-state index in [1.54, 1.807) is 5.01 Å². The average molecular weight is 183 g/mol. The number of nitrogens with one attached hydrogen (secondary N) is 2. The molecule has 0 aromatic rings. The Morgan fingerprint density at radius 1 is 1.38 bits per heavy atom. The molecule has 1 atom stereocenters. The van der Waals surface area contributed by atoms with Crippen LogP contribution in [0.25, 0.3) is 0 Å². The van der Waals surface area contributed by atoms with E-state index in [-0.39, 0.29) is 5.91 Å². The third-order valence-electron chi connectivity index (χ3n) is 2.74. The molecule has 2 aliphatic rings. The highest BCUT2D eigenvalue weighted by molar-refractivity contribution is 5.76. The maximum atomic E-state index is 11.4. The molecule has 2 heterocycles. The number of hydrogen-bond donors (Lipinski definition) is 2. The second kappa shape index (κ2) is 4.07. The van der Waals surface area contributed by atoms with Gasteiger partial charge in [-0.15, -0.1) is 0 Å². The number of carbonyl (C=O) groups is 1. The van der Waals surface area contributed by atoms with Crippen molar-refractivity contribution < 1.29 is 4.79 Å². The molecule has 0 bridgehead atoms. The van der Waals surface area contributed by atoms with Crippen LogP contribution in [0, 0.1) is 0 Å². The fraction of sp³-hybridized carbons (Fsp3) is 0.889. The zero-order chi connectivity index (χ0) is 9.10. The zero-order valence-electron chi connectivity index (χ0n) is 7.88. The van der Waals surface area contributed by atoms with Crippen LogP contribution < -0.4 is 10.7 Å². The van der Waals surface area contributed by atoms with E-state index in [4.69, 9.17) is 0 Å². The van der Waals surface area contributed by atoms with Crippen LogP contribution >= 0.6 is 0 Å². The highest BCUT2D eigenvalue weighted by atomic mass is 16.2. The predicted octanol–water partition coefficient (Wildman–Crippen LogP) is -0.135. The minimum atomic E-state index is 0.250. The quantitative estimate of drug-likeness (QED) is 0.626. The van der Waals surface area contributed by atoms with Crippen LogP contribution in [0.4, 0.5) is 0 Å². The van der Waals surface area contributed by atoms with Crippen molar-refractivity contribution >= 4 is 5.91 Å². The van der Waals surface area contributed by atoms with Crippen molar-refractivity contribution in [3.8, 4) is 0 Å². The first-order valence-electron chi connectivity index (χ1n) is 5.13. The van der Waals surface area contributed by atoms with Crippen LogP contribution in [0.5, 0.6) is 0 Å². The van der Waals surface area contributed by atoms with E-state index in [2.05, 4.69) is 10.7 Å². The summed E-state index contributed by atoms with van der Waals surface area (Å²) in [5, 5.41) is 5.17. The van der Waals surface area contributed by atoms with E-state index in [9.17, 15) is 4.79 Å². The Morgan fingerprint density at radius 2 is 2.31 bits per heavy atom. The van der Waals surface area contributed by atoms with Gasteiger partial charge in [0.15, 0.2) is 0 Å². The first-order valence-corrected chi connectivity index (χ1v) is 5.13. The first-order chi connectivity index (χ1) is 6.36. The van der Waals surface area contributed by atoms with E-state index in [1.807, 2.05) is 0 Å².